The van der Waals surface area contributed by atoms with Gasteiger partial charge in [-0.3, -0.25) is 0 Å². The van der Waals surface area contributed by atoms with Gasteiger partial charge in [-0.1, -0.05) is 88.1 Å². The SMILES string of the molecule is CCCCCc1ccc(C2CCC(OC3CCC(c4ccc(CCCCC)cc4)CC3)CC2)cc1. The first-order chi connectivity index (χ1) is 17.2. The number of unbranched alkanes of at least 4 members (excludes halogenated alkanes) is 4. The molecule has 0 aliphatic heterocycles. The van der Waals surface area contributed by atoms with Crippen LogP contribution in [0.25, 0.3) is 0 Å². The quantitative estimate of drug-likeness (QED) is 0.278. The Labute approximate surface area is 216 Å². The van der Waals surface area contributed by atoms with E-state index in [1.165, 1.54) is 114 Å². The molecule has 2 fully saturated rings. The average molecular weight is 475 g/mol. The van der Waals surface area contributed by atoms with E-state index >= 15 is 0 Å². The van der Waals surface area contributed by atoms with Crippen molar-refractivity contribution in [3.05, 3.63) is 70.8 Å². The summed E-state index contributed by atoms with van der Waals surface area (Å²) in [6, 6.07) is 19.2. The Bertz CT molecular complexity index is 748. The van der Waals surface area contributed by atoms with Gasteiger partial charge >= 0.3 is 0 Å². The molecule has 0 unspecified atom stereocenters. The Morgan fingerprint density at radius 2 is 0.886 bits per heavy atom. The van der Waals surface area contributed by atoms with Crippen LogP contribution < -0.4 is 0 Å². The van der Waals surface area contributed by atoms with Gasteiger partial charge in [0.15, 0.2) is 0 Å². The molecule has 0 aromatic heterocycles. The van der Waals surface area contributed by atoms with Crippen LogP contribution in [0.3, 0.4) is 0 Å². The number of hydrogen-bond acceptors (Lipinski definition) is 1. The van der Waals surface area contributed by atoms with Crippen LogP contribution in [0.2, 0.25) is 0 Å². The standard InChI is InChI=1S/C34H50O/c1-3-5-7-9-27-11-15-29(16-12-27)31-19-23-33(24-20-31)35-34-25-21-32(22-26-34)30-17-13-28(14-18-30)10-8-6-4-2/h11-18,31-34H,3-10,19-26H2,1-2H3. The summed E-state index contributed by atoms with van der Waals surface area (Å²) in [5.74, 6) is 1.47. The summed E-state index contributed by atoms with van der Waals surface area (Å²) >= 11 is 0. The molecule has 0 radical (unpaired) electrons. The number of ether oxygens (including phenoxy) is 1. The summed E-state index contributed by atoms with van der Waals surface area (Å²) in [5, 5.41) is 0. The minimum absolute atomic E-state index is 0.489. The van der Waals surface area contributed by atoms with E-state index in [4.69, 9.17) is 4.74 Å². The molecular formula is C34H50O. The lowest BCUT2D eigenvalue weighted by Gasteiger charge is -2.35. The number of aryl methyl sites for hydroxylation is 2. The van der Waals surface area contributed by atoms with Crippen LogP contribution in [0.5, 0.6) is 0 Å². The minimum atomic E-state index is 0.489. The fourth-order valence-corrected chi connectivity index (χ4v) is 6.41. The van der Waals surface area contributed by atoms with Gasteiger partial charge in [0.2, 0.25) is 0 Å². The molecule has 2 aliphatic rings. The Hall–Kier alpha value is -1.60. The zero-order valence-electron chi connectivity index (χ0n) is 22.7. The summed E-state index contributed by atoms with van der Waals surface area (Å²) < 4.78 is 6.65. The number of hydrogen-bond donors (Lipinski definition) is 0. The summed E-state index contributed by atoms with van der Waals surface area (Å²) in [6.07, 6.45) is 21.5. The third kappa shape index (κ3) is 8.21. The van der Waals surface area contributed by atoms with Crippen LogP contribution >= 0.6 is 0 Å². The van der Waals surface area contributed by atoms with Crippen molar-refractivity contribution in [3.8, 4) is 0 Å². The Morgan fingerprint density at radius 1 is 0.514 bits per heavy atom. The van der Waals surface area contributed by atoms with Crippen molar-refractivity contribution in [1.29, 1.82) is 0 Å². The molecule has 1 nitrogen and oxygen atoms in total. The molecular weight excluding hydrogens is 424 g/mol. The molecule has 0 N–H and O–H groups in total. The summed E-state index contributed by atoms with van der Waals surface area (Å²) in [5.41, 5.74) is 6.13. The van der Waals surface area contributed by atoms with Gasteiger partial charge in [0.05, 0.1) is 12.2 Å². The van der Waals surface area contributed by atoms with Gasteiger partial charge < -0.3 is 4.74 Å². The van der Waals surface area contributed by atoms with E-state index in [1.54, 1.807) is 11.1 Å². The molecule has 0 bridgehead atoms. The van der Waals surface area contributed by atoms with Crippen LogP contribution in [-0.4, -0.2) is 12.2 Å². The molecule has 0 heterocycles. The zero-order chi connectivity index (χ0) is 24.3. The highest BCUT2D eigenvalue weighted by Gasteiger charge is 2.28. The van der Waals surface area contributed by atoms with Gasteiger partial charge in [-0.2, -0.15) is 0 Å². The van der Waals surface area contributed by atoms with E-state index in [2.05, 4.69) is 62.4 Å². The van der Waals surface area contributed by atoms with E-state index in [0.29, 0.717) is 12.2 Å². The maximum Gasteiger partial charge on any atom is 0.0579 e. The second kappa shape index (κ2) is 14.2. The van der Waals surface area contributed by atoms with Gasteiger partial charge in [-0.25, -0.2) is 0 Å². The summed E-state index contributed by atoms with van der Waals surface area (Å²) in [7, 11) is 0. The topological polar surface area (TPSA) is 9.23 Å². The third-order valence-electron chi connectivity index (χ3n) is 8.77. The molecule has 35 heavy (non-hydrogen) atoms. The van der Waals surface area contributed by atoms with Crippen molar-refractivity contribution in [2.45, 2.75) is 141 Å². The second-order valence-corrected chi connectivity index (χ2v) is 11.5. The van der Waals surface area contributed by atoms with E-state index in [9.17, 15) is 0 Å². The normalized spacial score (nSPS) is 25.0. The Balaban J connectivity index is 1.15. The van der Waals surface area contributed by atoms with Gasteiger partial charge in [0, 0.05) is 0 Å². The largest absolute Gasteiger partial charge is 0.375 e. The predicted octanol–water partition coefficient (Wildman–Crippen LogP) is 9.92. The smallest absolute Gasteiger partial charge is 0.0579 e. The van der Waals surface area contributed by atoms with E-state index in [-0.39, 0.29) is 0 Å². The van der Waals surface area contributed by atoms with Gasteiger partial charge in [0.25, 0.3) is 0 Å². The molecule has 0 saturated heterocycles. The predicted molar refractivity (Wildman–Crippen MR) is 150 cm³/mol. The van der Waals surface area contributed by atoms with Crippen molar-refractivity contribution < 1.29 is 4.74 Å². The van der Waals surface area contributed by atoms with E-state index < -0.39 is 0 Å². The van der Waals surface area contributed by atoms with Crippen molar-refractivity contribution in [2.75, 3.05) is 0 Å². The maximum absolute atomic E-state index is 6.65. The maximum atomic E-state index is 6.65. The molecule has 2 saturated carbocycles. The lowest BCUT2D eigenvalue weighted by atomic mass is 9.81. The number of rotatable bonds is 12. The first-order valence-electron chi connectivity index (χ1n) is 15.1. The molecule has 192 valence electrons. The van der Waals surface area contributed by atoms with Gasteiger partial charge in [0.1, 0.15) is 0 Å². The van der Waals surface area contributed by atoms with Gasteiger partial charge in [-0.05, 0) is 111 Å². The highest BCUT2D eigenvalue weighted by atomic mass is 16.5. The lowest BCUT2D eigenvalue weighted by Crippen LogP contribution is -2.29. The molecule has 0 atom stereocenters. The molecule has 2 aliphatic carbocycles. The molecule has 0 spiro atoms. The van der Waals surface area contributed by atoms with Crippen LogP contribution in [0.15, 0.2) is 48.5 Å². The first kappa shape index (κ1) is 26.5. The molecule has 2 aromatic carbocycles. The highest BCUT2D eigenvalue weighted by molar-refractivity contribution is 5.27. The Morgan fingerprint density at radius 3 is 1.23 bits per heavy atom. The van der Waals surface area contributed by atoms with Crippen molar-refractivity contribution in [3.63, 3.8) is 0 Å². The van der Waals surface area contributed by atoms with Crippen molar-refractivity contribution in [1.82, 2.24) is 0 Å². The van der Waals surface area contributed by atoms with Crippen LogP contribution in [0.1, 0.15) is 138 Å². The Kier molecular flexibility index (Phi) is 10.8. The van der Waals surface area contributed by atoms with Crippen molar-refractivity contribution >= 4 is 0 Å². The monoisotopic (exact) mass is 474 g/mol. The lowest BCUT2D eigenvalue weighted by molar-refractivity contribution is -0.0492. The fraction of sp³-hybridized carbons (Fsp3) is 0.647. The average Bonchev–Trinajstić information content (AvgIpc) is 2.91. The highest BCUT2D eigenvalue weighted by Crippen LogP contribution is 2.38. The molecule has 4 rings (SSSR count). The summed E-state index contributed by atoms with van der Waals surface area (Å²) in [4.78, 5) is 0. The van der Waals surface area contributed by atoms with E-state index in [1.807, 2.05) is 0 Å². The molecule has 0 amide bonds. The van der Waals surface area contributed by atoms with Crippen LogP contribution in [0.4, 0.5) is 0 Å². The molecule has 2 aromatic rings. The third-order valence-corrected chi connectivity index (χ3v) is 8.77. The van der Waals surface area contributed by atoms with Crippen LogP contribution in [0, 0.1) is 0 Å². The second-order valence-electron chi connectivity index (χ2n) is 11.5. The molecule has 1 heteroatoms. The fourth-order valence-electron chi connectivity index (χ4n) is 6.41. The van der Waals surface area contributed by atoms with Crippen molar-refractivity contribution in [2.24, 2.45) is 0 Å². The zero-order valence-corrected chi connectivity index (χ0v) is 22.7. The number of benzene rings is 2. The summed E-state index contributed by atoms with van der Waals surface area (Å²) in [6.45, 7) is 4.56. The van der Waals surface area contributed by atoms with Gasteiger partial charge in [-0.15, -0.1) is 0 Å². The first-order valence-corrected chi connectivity index (χ1v) is 15.1. The minimum Gasteiger partial charge on any atom is -0.375 e. The van der Waals surface area contributed by atoms with E-state index in [0.717, 1.165) is 11.8 Å². The van der Waals surface area contributed by atoms with Crippen LogP contribution in [-0.2, 0) is 17.6 Å².